The van der Waals surface area contributed by atoms with Crippen LogP contribution in [0.3, 0.4) is 0 Å². The lowest BCUT2D eigenvalue weighted by molar-refractivity contribution is -0.144. The highest BCUT2D eigenvalue weighted by Gasteiger charge is 2.22. The van der Waals surface area contributed by atoms with Crippen molar-refractivity contribution in [1.82, 2.24) is 0 Å². The Labute approximate surface area is 112 Å². The lowest BCUT2D eigenvalue weighted by Gasteiger charge is -2.28. The van der Waals surface area contributed by atoms with Crippen LogP contribution in [0.25, 0.3) is 0 Å². The fraction of sp³-hybridized carbons (Fsp3) is 0.812. The molecule has 2 heteroatoms. The van der Waals surface area contributed by atoms with Crippen LogP contribution in [0.1, 0.15) is 71.1 Å². The summed E-state index contributed by atoms with van der Waals surface area (Å²) in [6.07, 6.45) is 14.2. The molecule has 0 saturated heterocycles. The number of carbonyl (C=O) groups excluding carboxylic acids is 1. The number of ether oxygens (including phenoxy) is 1. The van der Waals surface area contributed by atoms with E-state index in [0.29, 0.717) is 0 Å². The quantitative estimate of drug-likeness (QED) is 0.357. The Morgan fingerprint density at radius 2 is 1.83 bits per heavy atom. The van der Waals surface area contributed by atoms with Gasteiger partial charge < -0.3 is 4.74 Å². The van der Waals surface area contributed by atoms with E-state index in [1.54, 1.807) is 0 Å². The van der Waals surface area contributed by atoms with Crippen LogP contribution in [0, 0.1) is 5.92 Å². The Morgan fingerprint density at radius 1 is 1.17 bits per heavy atom. The first-order valence-corrected chi connectivity index (χ1v) is 7.59. The molecule has 0 atom stereocenters. The minimum absolute atomic E-state index is 0.145. The molecule has 0 unspecified atom stereocenters. The first-order valence-electron chi connectivity index (χ1n) is 7.59. The van der Waals surface area contributed by atoms with Gasteiger partial charge in [-0.05, 0) is 31.6 Å². The van der Waals surface area contributed by atoms with Crippen LogP contribution in [0.4, 0.5) is 0 Å². The van der Waals surface area contributed by atoms with Gasteiger partial charge in [0.1, 0.15) is 6.10 Å². The van der Waals surface area contributed by atoms with Gasteiger partial charge in [0.2, 0.25) is 0 Å². The molecule has 1 fully saturated rings. The van der Waals surface area contributed by atoms with E-state index in [2.05, 4.69) is 13.5 Å². The smallest absolute Gasteiger partial charge is 0.330 e. The molecule has 1 rings (SSSR count). The molecule has 0 spiro atoms. The second-order valence-electron chi connectivity index (χ2n) is 5.49. The molecule has 0 aromatic heterocycles. The molecule has 0 aromatic rings. The fourth-order valence-corrected chi connectivity index (χ4v) is 2.79. The Kier molecular flexibility index (Phi) is 7.79. The third-order valence-electron chi connectivity index (χ3n) is 3.96. The molecule has 0 aliphatic heterocycles. The minimum Gasteiger partial charge on any atom is -0.459 e. The van der Waals surface area contributed by atoms with Crippen molar-refractivity contribution in [2.45, 2.75) is 77.2 Å². The zero-order valence-electron chi connectivity index (χ0n) is 11.8. The van der Waals surface area contributed by atoms with Gasteiger partial charge in [-0.1, -0.05) is 52.0 Å². The highest BCUT2D eigenvalue weighted by molar-refractivity contribution is 5.81. The summed E-state index contributed by atoms with van der Waals surface area (Å²) in [5.74, 6) is 0.600. The maximum absolute atomic E-state index is 11.1. The van der Waals surface area contributed by atoms with Crippen molar-refractivity contribution >= 4 is 5.97 Å². The van der Waals surface area contributed by atoms with Gasteiger partial charge in [-0.3, -0.25) is 0 Å². The zero-order chi connectivity index (χ0) is 13.2. The van der Waals surface area contributed by atoms with Crippen LogP contribution in [0.5, 0.6) is 0 Å². The molecule has 2 nitrogen and oxygen atoms in total. The molecule has 0 bridgehead atoms. The summed E-state index contributed by atoms with van der Waals surface area (Å²) < 4.78 is 5.29. The lowest BCUT2D eigenvalue weighted by Crippen LogP contribution is -2.23. The van der Waals surface area contributed by atoms with Gasteiger partial charge >= 0.3 is 5.97 Å². The third kappa shape index (κ3) is 6.23. The molecular formula is C16H28O2. The van der Waals surface area contributed by atoms with Gasteiger partial charge in [0.15, 0.2) is 0 Å². The second kappa shape index (κ2) is 9.18. The van der Waals surface area contributed by atoms with E-state index in [9.17, 15) is 4.79 Å². The van der Waals surface area contributed by atoms with Crippen molar-refractivity contribution in [1.29, 1.82) is 0 Å². The van der Waals surface area contributed by atoms with E-state index in [-0.39, 0.29) is 12.1 Å². The van der Waals surface area contributed by atoms with Gasteiger partial charge in [-0.15, -0.1) is 0 Å². The first kappa shape index (κ1) is 15.3. The first-order chi connectivity index (χ1) is 8.76. The van der Waals surface area contributed by atoms with Crippen molar-refractivity contribution in [3.05, 3.63) is 12.7 Å². The summed E-state index contributed by atoms with van der Waals surface area (Å²) in [6.45, 7) is 5.69. The highest BCUT2D eigenvalue weighted by atomic mass is 16.5. The molecule has 1 aliphatic carbocycles. The molecule has 0 amide bonds. The van der Waals surface area contributed by atoms with Gasteiger partial charge in [-0.25, -0.2) is 4.79 Å². The van der Waals surface area contributed by atoms with Gasteiger partial charge in [0.05, 0.1) is 0 Å². The van der Waals surface area contributed by atoms with Crippen molar-refractivity contribution in [3.8, 4) is 0 Å². The highest BCUT2D eigenvalue weighted by Crippen LogP contribution is 2.30. The third-order valence-corrected chi connectivity index (χ3v) is 3.96. The van der Waals surface area contributed by atoms with E-state index in [4.69, 9.17) is 4.74 Å². The van der Waals surface area contributed by atoms with Gasteiger partial charge in [0.25, 0.3) is 0 Å². The second-order valence-corrected chi connectivity index (χ2v) is 5.49. The Morgan fingerprint density at radius 3 is 2.44 bits per heavy atom. The van der Waals surface area contributed by atoms with Crippen LogP contribution in [0.2, 0.25) is 0 Å². The average molecular weight is 252 g/mol. The summed E-state index contributed by atoms with van der Waals surface area (Å²) >= 11 is 0. The molecule has 104 valence electrons. The number of unbranched alkanes of at least 4 members (excludes halogenated alkanes) is 4. The molecular weight excluding hydrogens is 224 g/mol. The van der Waals surface area contributed by atoms with Crippen LogP contribution in [0.15, 0.2) is 12.7 Å². The molecule has 0 radical (unpaired) electrons. The molecule has 0 aromatic carbocycles. The Hall–Kier alpha value is -0.790. The van der Waals surface area contributed by atoms with E-state index in [0.717, 1.165) is 18.8 Å². The predicted octanol–water partition coefficient (Wildman–Crippen LogP) is 4.63. The van der Waals surface area contributed by atoms with E-state index < -0.39 is 0 Å². The zero-order valence-corrected chi connectivity index (χ0v) is 11.8. The predicted molar refractivity (Wildman–Crippen MR) is 75.4 cm³/mol. The summed E-state index contributed by atoms with van der Waals surface area (Å²) in [6, 6.07) is 0. The minimum atomic E-state index is -0.266. The number of hydrogen-bond acceptors (Lipinski definition) is 2. The van der Waals surface area contributed by atoms with Crippen molar-refractivity contribution < 1.29 is 9.53 Å². The number of hydrogen-bond donors (Lipinski definition) is 0. The van der Waals surface area contributed by atoms with E-state index >= 15 is 0 Å². The van der Waals surface area contributed by atoms with Gasteiger partial charge in [0, 0.05) is 6.08 Å². The summed E-state index contributed by atoms with van der Waals surface area (Å²) in [7, 11) is 0. The molecule has 0 N–H and O–H groups in total. The maximum atomic E-state index is 11.1. The lowest BCUT2D eigenvalue weighted by atomic mass is 9.84. The number of esters is 1. The van der Waals surface area contributed by atoms with Crippen molar-refractivity contribution in [3.63, 3.8) is 0 Å². The van der Waals surface area contributed by atoms with Crippen LogP contribution < -0.4 is 0 Å². The Balaban J connectivity index is 2.04. The Bertz CT molecular complexity index is 239. The van der Waals surface area contributed by atoms with Gasteiger partial charge in [-0.2, -0.15) is 0 Å². The van der Waals surface area contributed by atoms with E-state index in [1.807, 2.05) is 0 Å². The van der Waals surface area contributed by atoms with E-state index in [1.165, 1.54) is 57.4 Å². The maximum Gasteiger partial charge on any atom is 0.330 e. The topological polar surface area (TPSA) is 26.3 Å². The van der Waals surface area contributed by atoms with Crippen LogP contribution in [-0.4, -0.2) is 12.1 Å². The van der Waals surface area contributed by atoms with Crippen LogP contribution in [-0.2, 0) is 9.53 Å². The summed E-state index contributed by atoms with van der Waals surface area (Å²) in [4.78, 5) is 11.1. The fourth-order valence-electron chi connectivity index (χ4n) is 2.79. The molecule has 0 heterocycles. The normalized spacial score (nSPS) is 23.6. The van der Waals surface area contributed by atoms with Crippen LogP contribution >= 0.6 is 0 Å². The molecule has 1 saturated carbocycles. The average Bonchev–Trinajstić information content (AvgIpc) is 2.40. The summed E-state index contributed by atoms with van der Waals surface area (Å²) in [5, 5.41) is 0. The van der Waals surface area contributed by atoms with Crippen molar-refractivity contribution in [2.24, 2.45) is 5.92 Å². The molecule has 18 heavy (non-hydrogen) atoms. The summed E-state index contributed by atoms with van der Waals surface area (Å²) in [5.41, 5.74) is 0. The number of carbonyl (C=O) groups is 1. The standard InChI is InChI=1S/C16H28O2/c1-3-5-6-7-8-9-14-10-12-15(13-11-14)18-16(17)4-2/h4,14-15H,2-3,5-13H2,1H3. The number of rotatable bonds is 8. The van der Waals surface area contributed by atoms with Crippen molar-refractivity contribution in [2.75, 3.05) is 0 Å². The monoisotopic (exact) mass is 252 g/mol. The largest absolute Gasteiger partial charge is 0.459 e. The SMILES string of the molecule is C=CC(=O)OC1CCC(CCCCCCC)CC1. The molecule has 1 aliphatic rings.